The van der Waals surface area contributed by atoms with Crippen molar-refractivity contribution in [3.63, 3.8) is 0 Å². The summed E-state index contributed by atoms with van der Waals surface area (Å²) in [7, 11) is 1.59. The molecular formula is C12H11NO2. The van der Waals surface area contributed by atoms with Crippen LogP contribution in [0.15, 0.2) is 24.3 Å². The fourth-order valence-corrected chi connectivity index (χ4v) is 1.19. The van der Waals surface area contributed by atoms with E-state index in [0.29, 0.717) is 11.3 Å². The summed E-state index contributed by atoms with van der Waals surface area (Å²) in [5.74, 6) is 4.62. The van der Waals surface area contributed by atoms with Gasteiger partial charge in [0.2, 0.25) is 0 Å². The topological polar surface area (TPSA) is 37.4 Å². The minimum Gasteiger partial charge on any atom is -0.304 e. The summed E-state index contributed by atoms with van der Waals surface area (Å²) in [4.78, 5) is 23.5. The largest absolute Gasteiger partial charge is 0.304 e. The van der Waals surface area contributed by atoms with Gasteiger partial charge in [0.1, 0.15) is 0 Å². The molecule has 0 aliphatic carbocycles. The third-order valence-corrected chi connectivity index (χ3v) is 1.96. The highest BCUT2D eigenvalue weighted by Gasteiger charge is 2.11. The number of anilines is 1. The third kappa shape index (κ3) is 2.44. The summed E-state index contributed by atoms with van der Waals surface area (Å²) in [6.45, 7) is 1.59. The van der Waals surface area contributed by atoms with Crippen molar-refractivity contribution < 1.29 is 9.59 Å². The average Bonchev–Trinajstić information content (AvgIpc) is 2.28. The second-order valence-corrected chi connectivity index (χ2v) is 2.92. The molecule has 0 atom stereocenters. The highest BCUT2D eigenvalue weighted by molar-refractivity contribution is 6.07. The van der Waals surface area contributed by atoms with Crippen LogP contribution in [0.1, 0.15) is 17.3 Å². The van der Waals surface area contributed by atoms with Crippen LogP contribution in [0.4, 0.5) is 5.69 Å². The van der Waals surface area contributed by atoms with Gasteiger partial charge in [-0.05, 0) is 25.0 Å². The zero-order valence-corrected chi connectivity index (χ0v) is 8.65. The molecule has 0 saturated heterocycles. The Morgan fingerprint density at radius 2 is 2.07 bits per heavy atom. The van der Waals surface area contributed by atoms with Crippen molar-refractivity contribution in [2.75, 3.05) is 11.9 Å². The van der Waals surface area contributed by atoms with Crippen molar-refractivity contribution in [1.82, 2.24) is 0 Å². The van der Waals surface area contributed by atoms with Gasteiger partial charge in [0.05, 0.1) is 5.69 Å². The first kappa shape index (κ1) is 11.0. The molecule has 0 bridgehead atoms. The minimum atomic E-state index is -0.327. The zero-order valence-electron chi connectivity index (χ0n) is 8.65. The van der Waals surface area contributed by atoms with E-state index in [-0.39, 0.29) is 5.91 Å². The number of carbonyl (C=O) groups excluding carboxylic acids is 2. The van der Waals surface area contributed by atoms with Crippen molar-refractivity contribution >= 4 is 17.9 Å². The van der Waals surface area contributed by atoms with Crippen LogP contribution in [0.2, 0.25) is 0 Å². The number of benzene rings is 1. The molecule has 1 aromatic rings. The Balaban J connectivity index is 3.08. The van der Waals surface area contributed by atoms with Gasteiger partial charge >= 0.3 is 5.91 Å². The fraction of sp³-hybridized carbons (Fsp3) is 0.167. The van der Waals surface area contributed by atoms with E-state index in [1.807, 2.05) is 0 Å². The van der Waals surface area contributed by atoms with Crippen molar-refractivity contribution in [3.8, 4) is 11.8 Å². The molecular weight excluding hydrogens is 190 g/mol. The van der Waals surface area contributed by atoms with Crippen LogP contribution < -0.4 is 4.90 Å². The first-order chi connectivity index (χ1) is 7.20. The molecule has 0 N–H and O–H groups in total. The Bertz CT molecular complexity index is 440. The molecule has 0 aliphatic heterocycles. The molecule has 3 heteroatoms. The summed E-state index contributed by atoms with van der Waals surface area (Å²) >= 11 is 0. The first-order valence-electron chi connectivity index (χ1n) is 4.45. The summed E-state index contributed by atoms with van der Waals surface area (Å²) in [5, 5.41) is 0. The maximum atomic E-state index is 11.4. The number of hydrogen-bond donors (Lipinski definition) is 0. The molecule has 0 radical (unpaired) electrons. The van der Waals surface area contributed by atoms with Crippen molar-refractivity contribution in [2.24, 2.45) is 0 Å². The fourth-order valence-electron chi connectivity index (χ4n) is 1.19. The van der Waals surface area contributed by atoms with E-state index in [2.05, 4.69) is 11.8 Å². The summed E-state index contributed by atoms with van der Waals surface area (Å²) in [6, 6.07) is 6.88. The van der Waals surface area contributed by atoms with E-state index in [1.165, 1.54) is 4.90 Å². The lowest BCUT2D eigenvalue weighted by Crippen LogP contribution is -2.25. The number of rotatable bonds is 2. The zero-order chi connectivity index (χ0) is 11.3. The van der Waals surface area contributed by atoms with Gasteiger partial charge in [-0.2, -0.15) is 0 Å². The molecule has 76 valence electrons. The monoisotopic (exact) mass is 201 g/mol. The van der Waals surface area contributed by atoms with Gasteiger partial charge < -0.3 is 4.90 Å². The molecule has 3 nitrogen and oxygen atoms in total. The minimum absolute atomic E-state index is 0.327. The van der Waals surface area contributed by atoms with Crippen LogP contribution >= 0.6 is 0 Å². The van der Waals surface area contributed by atoms with E-state index in [9.17, 15) is 9.59 Å². The summed E-state index contributed by atoms with van der Waals surface area (Å²) < 4.78 is 0. The molecule has 0 unspecified atom stereocenters. The van der Waals surface area contributed by atoms with Gasteiger partial charge in [-0.1, -0.05) is 18.1 Å². The van der Waals surface area contributed by atoms with E-state index in [1.54, 1.807) is 38.2 Å². The highest BCUT2D eigenvalue weighted by atomic mass is 16.2. The predicted molar refractivity (Wildman–Crippen MR) is 58.7 cm³/mol. The van der Waals surface area contributed by atoms with Crippen LogP contribution in [0.5, 0.6) is 0 Å². The number of nitrogens with zero attached hydrogens (tertiary/aromatic N) is 1. The molecule has 0 spiro atoms. The molecule has 0 fully saturated rings. The normalized spacial score (nSPS) is 8.67. The van der Waals surface area contributed by atoms with Crippen molar-refractivity contribution in [2.45, 2.75) is 6.92 Å². The molecule has 15 heavy (non-hydrogen) atoms. The Kier molecular flexibility index (Phi) is 3.64. The Hall–Kier alpha value is -2.08. The average molecular weight is 201 g/mol. The molecule has 1 aromatic carbocycles. The maximum Gasteiger partial charge on any atom is 0.302 e. The number of carbonyl (C=O) groups is 2. The lowest BCUT2D eigenvalue weighted by Gasteiger charge is -2.15. The quantitative estimate of drug-likeness (QED) is 0.537. The lowest BCUT2D eigenvalue weighted by molar-refractivity contribution is -0.113. The van der Waals surface area contributed by atoms with E-state index < -0.39 is 0 Å². The van der Waals surface area contributed by atoms with Gasteiger partial charge in [0.15, 0.2) is 6.29 Å². The standard InChI is InChI=1S/C12H11NO2/c1-3-6-12(15)13(2)11-8-5-4-7-10(11)9-14/h4-5,7-9H,1-2H3. The lowest BCUT2D eigenvalue weighted by atomic mass is 10.2. The van der Waals surface area contributed by atoms with Crippen LogP contribution in [0.3, 0.4) is 0 Å². The van der Waals surface area contributed by atoms with E-state index >= 15 is 0 Å². The Morgan fingerprint density at radius 1 is 1.40 bits per heavy atom. The number of amides is 1. The van der Waals surface area contributed by atoms with Gasteiger partial charge in [-0.15, -0.1) is 0 Å². The predicted octanol–water partition coefficient (Wildman–Crippen LogP) is 1.49. The Labute approximate surface area is 88.7 Å². The SMILES string of the molecule is CC#CC(=O)N(C)c1ccccc1C=O. The van der Waals surface area contributed by atoms with Crippen molar-refractivity contribution in [3.05, 3.63) is 29.8 Å². The van der Waals surface area contributed by atoms with Gasteiger partial charge in [-0.3, -0.25) is 9.59 Å². The molecule has 1 rings (SSSR count). The molecule has 0 aromatic heterocycles. The van der Waals surface area contributed by atoms with Crippen molar-refractivity contribution in [1.29, 1.82) is 0 Å². The summed E-state index contributed by atoms with van der Waals surface area (Å²) in [6.07, 6.45) is 0.721. The van der Waals surface area contributed by atoms with Crippen LogP contribution in [-0.4, -0.2) is 19.2 Å². The first-order valence-corrected chi connectivity index (χ1v) is 4.45. The second kappa shape index (κ2) is 4.97. The number of aldehydes is 1. The molecule has 1 amide bonds. The highest BCUT2D eigenvalue weighted by Crippen LogP contribution is 2.16. The smallest absolute Gasteiger partial charge is 0.302 e. The second-order valence-electron chi connectivity index (χ2n) is 2.92. The Morgan fingerprint density at radius 3 is 2.67 bits per heavy atom. The summed E-state index contributed by atoms with van der Waals surface area (Å²) in [5.41, 5.74) is 1.05. The van der Waals surface area contributed by atoms with E-state index in [0.717, 1.165) is 6.29 Å². The molecule has 0 heterocycles. The number of hydrogen-bond acceptors (Lipinski definition) is 2. The molecule has 0 saturated carbocycles. The van der Waals surface area contributed by atoms with E-state index in [4.69, 9.17) is 0 Å². The maximum absolute atomic E-state index is 11.4. The van der Waals surface area contributed by atoms with Gasteiger partial charge in [0, 0.05) is 12.6 Å². The number of para-hydroxylation sites is 1. The molecule has 0 aliphatic rings. The van der Waals surface area contributed by atoms with Crippen LogP contribution in [0.25, 0.3) is 0 Å². The van der Waals surface area contributed by atoms with Gasteiger partial charge in [-0.25, -0.2) is 0 Å². The van der Waals surface area contributed by atoms with Crippen LogP contribution in [0, 0.1) is 11.8 Å². The third-order valence-electron chi connectivity index (χ3n) is 1.96. The van der Waals surface area contributed by atoms with Crippen LogP contribution in [-0.2, 0) is 4.79 Å². The van der Waals surface area contributed by atoms with Gasteiger partial charge in [0.25, 0.3) is 0 Å².